The molecule has 0 aliphatic carbocycles. The summed E-state index contributed by atoms with van der Waals surface area (Å²) in [6.07, 6.45) is 1.43. The van der Waals surface area contributed by atoms with Gasteiger partial charge in [-0.05, 0) is 71.2 Å². The van der Waals surface area contributed by atoms with E-state index in [0.717, 1.165) is 0 Å². The predicted octanol–water partition coefficient (Wildman–Crippen LogP) is 3.33. The predicted molar refractivity (Wildman–Crippen MR) is 104 cm³/mol. The van der Waals surface area contributed by atoms with Crippen LogP contribution in [0, 0.1) is 0 Å². The smallest absolute Gasteiger partial charge is 0.287 e. The van der Waals surface area contributed by atoms with E-state index in [2.05, 4.69) is 31.8 Å². The molecule has 0 saturated carbocycles. The van der Waals surface area contributed by atoms with E-state index < -0.39 is 5.91 Å². The molecule has 0 unspecified atom stereocenters. The molecule has 2 rings (SSSR count). The maximum atomic E-state index is 12.3. The molecule has 0 fully saturated rings. The normalized spacial score (nSPS) is 10.4. The summed E-state index contributed by atoms with van der Waals surface area (Å²) in [5, 5.41) is 16.0. The van der Waals surface area contributed by atoms with Crippen molar-refractivity contribution in [1.29, 1.82) is 0 Å². The SMILES string of the molecule is CC(C)=C(NC(=O)c1ccccc1)C(=O)N/N=C\c1ccc(O)c(Br)c1. The molecule has 134 valence electrons. The van der Waals surface area contributed by atoms with Crippen molar-refractivity contribution in [2.24, 2.45) is 5.10 Å². The summed E-state index contributed by atoms with van der Waals surface area (Å²) in [6.45, 7) is 3.45. The molecule has 0 heterocycles. The second-order valence-corrected chi connectivity index (χ2v) is 6.46. The van der Waals surface area contributed by atoms with Gasteiger partial charge in [0.2, 0.25) is 0 Å². The molecule has 2 amide bonds. The van der Waals surface area contributed by atoms with Crippen LogP contribution in [0.3, 0.4) is 0 Å². The van der Waals surface area contributed by atoms with E-state index >= 15 is 0 Å². The van der Waals surface area contributed by atoms with Gasteiger partial charge < -0.3 is 10.4 Å². The lowest BCUT2D eigenvalue weighted by atomic mass is 10.2. The minimum absolute atomic E-state index is 0.113. The summed E-state index contributed by atoms with van der Waals surface area (Å²) in [6, 6.07) is 13.4. The number of aromatic hydroxyl groups is 1. The van der Waals surface area contributed by atoms with Crippen LogP contribution in [0.25, 0.3) is 0 Å². The number of phenols is 1. The van der Waals surface area contributed by atoms with Gasteiger partial charge in [0, 0.05) is 5.56 Å². The van der Waals surface area contributed by atoms with Crippen molar-refractivity contribution in [2.45, 2.75) is 13.8 Å². The van der Waals surface area contributed by atoms with Crippen LogP contribution in [0.2, 0.25) is 0 Å². The van der Waals surface area contributed by atoms with E-state index in [4.69, 9.17) is 0 Å². The van der Waals surface area contributed by atoms with Crippen LogP contribution >= 0.6 is 15.9 Å². The van der Waals surface area contributed by atoms with E-state index in [9.17, 15) is 14.7 Å². The van der Waals surface area contributed by atoms with Crippen molar-refractivity contribution < 1.29 is 14.7 Å². The summed E-state index contributed by atoms with van der Waals surface area (Å²) < 4.78 is 0.521. The Morgan fingerprint density at radius 1 is 1.12 bits per heavy atom. The molecule has 26 heavy (non-hydrogen) atoms. The first-order valence-electron chi connectivity index (χ1n) is 7.74. The van der Waals surface area contributed by atoms with Gasteiger partial charge in [0.15, 0.2) is 0 Å². The molecule has 0 atom stereocenters. The van der Waals surface area contributed by atoms with E-state index in [1.165, 1.54) is 12.3 Å². The first-order chi connectivity index (χ1) is 12.4. The fraction of sp³-hybridized carbons (Fsp3) is 0.105. The minimum atomic E-state index is -0.525. The number of hydrogen-bond donors (Lipinski definition) is 3. The third-order valence-electron chi connectivity index (χ3n) is 3.35. The van der Waals surface area contributed by atoms with Crippen LogP contribution < -0.4 is 10.7 Å². The number of benzene rings is 2. The fourth-order valence-electron chi connectivity index (χ4n) is 2.01. The Hall–Kier alpha value is -2.93. The summed E-state index contributed by atoms with van der Waals surface area (Å²) >= 11 is 3.20. The molecule has 0 radical (unpaired) electrons. The third-order valence-corrected chi connectivity index (χ3v) is 3.99. The number of allylic oxidation sites excluding steroid dienone is 1. The van der Waals surface area contributed by atoms with Crippen LogP contribution in [0.5, 0.6) is 5.75 Å². The van der Waals surface area contributed by atoms with Gasteiger partial charge in [0.1, 0.15) is 11.4 Å². The molecule has 0 saturated heterocycles. The molecule has 0 aromatic heterocycles. The maximum Gasteiger partial charge on any atom is 0.287 e. The molecule has 0 bridgehead atoms. The lowest BCUT2D eigenvalue weighted by Crippen LogP contribution is -2.33. The molecule has 6 nitrogen and oxygen atoms in total. The standard InChI is InChI=1S/C19H18BrN3O3/c1-12(2)17(22-18(25)14-6-4-3-5-7-14)19(26)23-21-11-13-8-9-16(24)15(20)10-13/h3-11,24H,1-2H3,(H,22,25)(H,23,26)/b21-11-. The van der Waals surface area contributed by atoms with Gasteiger partial charge in [-0.3, -0.25) is 9.59 Å². The Balaban J connectivity index is 2.05. The second-order valence-electron chi connectivity index (χ2n) is 5.61. The van der Waals surface area contributed by atoms with Crippen LogP contribution in [0.15, 0.2) is 69.4 Å². The zero-order chi connectivity index (χ0) is 19.1. The van der Waals surface area contributed by atoms with E-state index in [1.807, 2.05) is 6.07 Å². The number of hydrazone groups is 1. The Kier molecular flexibility index (Phi) is 6.68. The lowest BCUT2D eigenvalue weighted by molar-refractivity contribution is -0.117. The third kappa shape index (κ3) is 5.29. The summed E-state index contributed by atoms with van der Waals surface area (Å²) in [5.74, 6) is -0.784. The van der Waals surface area contributed by atoms with E-state index in [1.54, 1.807) is 50.2 Å². The maximum absolute atomic E-state index is 12.3. The first kappa shape index (κ1) is 19.4. The number of nitrogens with one attached hydrogen (secondary N) is 2. The van der Waals surface area contributed by atoms with Crippen molar-refractivity contribution >= 4 is 34.0 Å². The van der Waals surface area contributed by atoms with Gasteiger partial charge in [-0.1, -0.05) is 18.2 Å². The molecular weight excluding hydrogens is 398 g/mol. The highest BCUT2D eigenvalue weighted by Crippen LogP contribution is 2.23. The number of hydrogen-bond acceptors (Lipinski definition) is 4. The van der Waals surface area contributed by atoms with Crippen molar-refractivity contribution in [2.75, 3.05) is 0 Å². The van der Waals surface area contributed by atoms with Crippen molar-refractivity contribution in [3.63, 3.8) is 0 Å². The molecular formula is C19H18BrN3O3. The number of carbonyl (C=O) groups excluding carboxylic acids is 2. The molecule has 0 aliphatic rings. The summed E-state index contributed by atoms with van der Waals surface area (Å²) in [4.78, 5) is 24.6. The fourth-order valence-corrected chi connectivity index (χ4v) is 2.41. The largest absolute Gasteiger partial charge is 0.507 e. The van der Waals surface area contributed by atoms with E-state index in [0.29, 0.717) is 21.2 Å². The quantitative estimate of drug-likeness (QED) is 0.397. The van der Waals surface area contributed by atoms with Crippen LogP contribution in [-0.4, -0.2) is 23.1 Å². The molecule has 2 aromatic carbocycles. The lowest BCUT2D eigenvalue weighted by Gasteiger charge is -2.10. The average molecular weight is 416 g/mol. The second kappa shape index (κ2) is 8.96. The zero-order valence-electron chi connectivity index (χ0n) is 14.3. The van der Waals surface area contributed by atoms with Crippen molar-refractivity contribution in [3.8, 4) is 5.75 Å². The number of amides is 2. The molecule has 7 heteroatoms. The number of nitrogens with zero attached hydrogens (tertiary/aromatic N) is 1. The summed E-state index contributed by atoms with van der Waals surface area (Å²) in [5.41, 5.74) is 4.31. The monoisotopic (exact) mass is 415 g/mol. The Morgan fingerprint density at radius 3 is 2.42 bits per heavy atom. The van der Waals surface area contributed by atoms with Crippen LogP contribution in [-0.2, 0) is 4.79 Å². The Bertz CT molecular complexity index is 873. The van der Waals surface area contributed by atoms with Gasteiger partial charge >= 0.3 is 0 Å². The van der Waals surface area contributed by atoms with Gasteiger partial charge in [-0.15, -0.1) is 0 Å². The number of carbonyl (C=O) groups is 2. The van der Waals surface area contributed by atoms with Gasteiger partial charge in [0.25, 0.3) is 11.8 Å². The van der Waals surface area contributed by atoms with Gasteiger partial charge in [0.05, 0.1) is 10.7 Å². The number of rotatable bonds is 5. The highest BCUT2D eigenvalue weighted by Gasteiger charge is 2.15. The summed E-state index contributed by atoms with van der Waals surface area (Å²) in [7, 11) is 0. The number of phenolic OH excluding ortho intramolecular Hbond substituents is 1. The first-order valence-corrected chi connectivity index (χ1v) is 8.53. The van der Waals surface area contributed by atoms with Gasteiger partial charge in [-0.2, -0.15) is 5.10 Å². The molecule has 0 aliphatic heterocycles. The topological polar surface area (TPSA) is 90.8 Å². The zero-order valence-corrected chi connectivity index (χ0v) is 15.9. The van der Waals surface area contributed by atoms with Crippen molar-refractivity contribution in [1.82, 2.24) is 10.7 Å². The molecule has 3 N–H and O–H groups in total. The molecule has 0 spiro atoms. The highest BCUT2D eigenvalue weighted by molar-refractivity contribution is 9.10. The number of halogens is 1. The minimum Gasteiger partial charge on any atom is -0.507 e. The molecule has 2 aromatic rings. The Morgan fingerprint density at radius 2 is 1.81 bits per heavy atom. The van der Waals surface area contributed by atoms with Gasteiger partial charge in [-0.25, -0.2) is 5.43 Å². The average Bonchev–Trinajstić information content (AvgIpc) is 2.62. The highest BCUT2D eigenvalue weighted by atomic mass is 79.9. The van der Waals surface area contributed by atoms with Crippen LogP contribution in [0.1, 0.15) is 29.8 Å². The van der Waals surface area contributed by atoms with Crippen molar-refractivity contribution in [3.05, 3.63) is 75.4 Å². The Labute approximate surface area is 159 Å². The van der Waals surface area contributed by atoms with Crippen LogP contribution in [0.4, 0.5) is 0 Å². The van der Waals surface area contributed by atoms with E-state index in [-0.39, 0.29) is 17.4 Å².